The van der Waals surface area contributed by atoms with Crippen LogP contribution in [-0.4, -0.2) is 6.61 Å². The van der Waals surface area contributed by atoms with Crippen molar-refractivity contribution in [3.05, 3.63) is 12.6 Å². The molecule has 0 spiro atoms. The highest BCUT2D eigenvalue weighted by molar-refractivity contribution is 4.56. The van der Waals surface area contributed by atoms with E-state index in [9.17, 15) is 4.39 Å². The van der Waals surface area contributed by atoms with Gasteiger partial charge in [0, 0.05) is 0 Å². The minimum absolute atomic E-state index is 0.398. The van der Waals surface area contributed by atoms with Gasteiger partial charge in [-0.1, -0.05) is 13.3 Å². The van der Waals surface area contributed by atoms with E-state index in [-0.39, 0.29) is 0 Å². The largest absolute Gasteiger partial charge is 0.499 e. The molecule has 48 valence electrons. The van der Waals surface area contributed by atoms with Crippen molar-refractivity contribution in [2.45, 2.75) is 19.8 Å². The Kier molecular flexibility index (Phi) is 6.04. The Bertz CT molecular complexity index is 61.5. The molecule has 0 aliphatic carbocycles. The number of unbranched alkanes of at least 4 members (excludes halogenated alkanes) is 1. The summed E-state index contributed by atoms with van der Waals surface area (Å²) in [7, 11) is 0. The highest BCUT2D eigenvalue weighted by Gasteiger charge is 1.77. The first-order chi connectivity index (χ1) is 3.91. The van der Waals surface area contributed by atoms with Crippen molar-refractivity contribution in [1.29, 1.82) is 0 Å². The normalized spacial score (nSPS) is 10.2. The van der Waals surface area contributed by atoms with Crippen LogP contribution in [0.15, 0.2) is 12.6 Å². The Morgan fingerprint density at radius 2 is 2.38 bits per heavy atom. The van der Waals surface area contributed by atoms with Gasteiger partial charge in [0.1, 0.15) is 12.6 Å². The molecular weight excluding hydrogens is 107 g/mol. The summed E-state index contributed by atoms with van der Waals surface area (Å²) in [4.78, 5) is 0. The second kappa shape index (κ2) is 6.47. The van der Waals surface area contributed by atoms with Gasteiger partial charge in [0.25, 0.3) is 0 Å². The van der Waals surface area contributed by atoms with E-state index in [1.807, 2.05) is 0 Å². The van der Waals surface area contributed by atoms with Gasteiger partial charge in [-0.15, -0.1) is 0 Å². The van der Waals surface area contributed by atoms with Crippen molar-refractivity contribution >= 4 is 0 Å². The highest BCUT2D eigenvalue weighted by Crippen LogP contribution is 1.87. The maximum atomic E-state index is 11.1. The fraction of sp³-hybridized carbons (Fsp3) is 0.667. The molecule has 2 heteroatoms. The van der Waals surface area contributed by atoms with Crippen LogP contribution in [0.25, 0.3) is 0 Å². The molecule has 0 saturated carbocycles. The van der Waals surface area contributed by atoms with E-state index in [1.54, 1.807) is 0 Å². The first-order valence-electron chi connectivity index (χ1n) is 2.78. The Labute approximate surface area is 49.2 Å². The number of rotatable bonds is 4. The van der Waals surface area contributed by atoms with Crippen LogP contribution < -0.4 is 0 Å². The van der Waals surface area contributed by atoms with E-state index < -0.39 is 0 Å². The molecule has 0 radical (unpaired) electrons. The van der Waals surface area contributed by atoms with Crippen molar-refractivity contribution in [1.82, 2.24) is 0 Å². The average molecular weight is 118 g/mol. The van der Waals surface area contributed by atoms with Crippen LogP contribution in [-0.2, 0) is 4.74 Å². The molecule has 0 bridgehead atoms. The van der Waals surface area contributed by atoms with Gasteiger partial charge in [-0.2, -0.15) is 0 Å². The van der Waals surface area contributed by atoms with E-state index in [4.69, 9.17) is 0 Å². The molecule has 0 aliphatic heterocycles. The summed E-state index contributed by atoms with van der Waals surface area (Å²) in [6.07, 6.45) is 3.54. The first-order valence-corrected chi connectivity index (χ1v) is 2.78. The van der Waals surface area contributed by atoms with E-state index in [2.05, 4.69) is 11.7 Å². The highest BCUT2D eigenvalue weighted by atomic mass is 19.1. The molecule has 0 heterocycles. The quantitative estimate of drug-likeness (QED) is 0.406. The van der Waals surface area contributed by atoms with Gasteiger partial charge in [0.15, 0.2) is 0 Å². The maximum absolute atomic E-state index is 11.1. The minimum Gasteiger partial charge on any atom is -0.499 e. The van der Waals surface area contributed by atoms with E-state index in [0.29, 0.717) is 12.9 Å². The lowest BCUT2D eigenvalue weighted by Crippen LogP contribution is -1.83. The SMILES string of the molecule is CCCCO/C=C\F. The molecule has 1 nitrogen and oxygen atoms in total. The smallest absolute Gasteiger partial charge is 0.121 e. The zero-order valence-corrected chi connectivity index (χ0v) is 5.06. The van der Waals surface area contributed by atoms with Gasteiger partial charge >= 0.3 is 0 Å². The van der Waals surface area contributed by atoms with Crippen molar-refractivity contribution < 1.29 is 9.13 Å². The van der Waals surface area contributed by atoms with Gasteiger partial charge in [-0.3, -0.25) is 0 Å². The van der Waals surface area contributed by atoms with Crippen LogP contribution in [0.1, 0.15) is 19.8 Å². The first kappa shape index (κ1) is 7.47. The molecule has 0 amide bonds. The lowest BCUT2D eigenvalue weighted by Gasteiger charge is -1.94. The van der Waals surface area contributed by atoms with Crippen LogP contribution in [0, 0.1) is 0 Å². The standard InChI is InChI=1S/C6H11FO/c1-2-3-5-8-6-4-7/h4,6H,2-3,5H2,1H3/b6-4-. The van der Waals surface area contributed by atoms with Crippen molar-refractivity contribution in [3.63, 3.8) is 0 Å². The molecule has 0 N–H and O–H groups in total. The molecule has 0 unspecified atom stereocenters. The molecule has 0 rings (SSSR count). The third-order valence-corrected chi connectivity index (χ3v) is 0.763. The minimum atomic E-state index is 0.398. The van der Waals surface area contributed by atoms with Crippen molar-refractivity contribution in [2.24, 2.45) is 0 Å². The lowest BCUT2D eigenvalue weighted by atomic mass is 10.4. The fourth-order valence-electron chi connectivity index (χ4n) is 0.332. The Hall–Kier alpha value is -0.530. The summed E-state index contributed by atoms with van der Waals surface area (Å²) >= 11 is 0. The van der Waals surface area contributed by atoms with Gasteiger partial charge in [-0.05, 0) is 6.42 Å². The van der Waals surface area contributed by atoms with Crippen LogP contribution >= 0.6 is 0 Å². The topological polar surface area (TPSA) is 9.23 Å². The molecular formula is C6H11FO. The predicted octanol–water partition coefficient (Wildman–Crippen LogP) is 2.24. The zero-order valence-electron chi connectivity index (χ0n) is 5.06. The average Bonchev–Trinajstić information content (AvgIpc) is 1.81. The van der Waals surface area contributed by atoms with Crippen LogP contribution in [0.5, 0.6) is 0 Å². The molecule has 0 aliphatic rings. The third-order valence-electron chi connectivity index (χ3n) is 0.763. The fourth-order valence-corrected chi connectivity index (χ4v) is 0.332. The monoisotopic (exact) mass is 118 g/mol. The summed E-state index contributed by atoms with van der Waals surface area (Å²) in [5, 5.41) is 0. The van der Waals surface area contributed by atoms with Gasteiger partial charge in [0.2, 0.25) is 0 Å². The van der Waals surface area contributed by atoms with Crippen LogP contribution in [0.2, 0.25) is 0 Å². The summed E-state index contributed by atoms with van der Waals surface area (Å²) < 4.78 is 15.8. The summed E-state index contributed by atoms with van der Waals surface area (Å²) in [5.74, 6) is 0. The number of ether oxygens (including phenoxy) is 1. The second-order valence-corrected chi connectivity index (χ2v) is 1.49. The van der Waals surface area contributed by atoms with Crippen molar-refractivity contribution in [3.8, 4) is 0 Å². The molecule has 8 heavy (non-hydrogen) atoms. The Balaban J connectivity index is 2.72. The van der Waals surface area contributed by atoms with E-state index in [0.717, 1.165) is 19.1 Å². The molecule has 0 atom stereocenters. The Morgan fingerprint density at radius 3 is 2.88 bits per heavy atom. The molecule has 0 aromatic rings. The lowest BCUT2D eigenvalue weighted by molar-refractivity contribution is 0.239. The molecule has 0 saturated heterocycles. The number of halogens is 1. The molecule has 0 fully saturated rings. The van der Waals surface area contributed by atoms with Crippen LogP contribution in [0.3, 0.4) is 0 Å². The van der Waals surface area contributed by atoms with Gasteiger partial charge < -0.3 is 4.74 Å². The third kappa shape index (κ3) is 5.47. The van der Waals surface area contributed by atoms with Crippen LogP contribution in [0.4, 0.5) is 4.39 Å². The molecule has 0 aromatic carbocycles. The predicted molar refractivity (Wildman–Crippen MR) is 31.1 cm³/mol. The summed E-state index contributed by atoms with van der Waals surface area (Å²) in [5.41, 5.74) is 0. The van der Waals surface area contributed by atoms with Gasteiger partial charge in [0.05, 0.1) is 6.61 Å². The summed E-state index contributed by atoms with van der Waals surface area (Å²) in [6, 6.07) is 0. The zero-order chi connectivity index (χ0) is 6.24. The maximum Gasteiger partial charge on any atom is 0.121 e. The van der Waals surface area contributed by atoms with Crippen molar-refractivity contribution in [2.75, 3.05) is 6.61 Å². The van der Waals surface area contributed by atoms with E-state index >= 15 is 0 Å². The number of hydrogen-bond acceptors (Lipinski definition) is 1. The molecule has 0 aromatic heterocycles. The van der Waals surface area contributed by atoms with E-state index in [1.165, 1.54) is 0 Å². The van der Waals surface area contributed by atoms with Gasteiger partial charge in [-0.25, -0.2) is 4.39 Å². The second-order valence-electron chi connectivity index (χ2n) is 1.49. The summed E-state index contributed by atoms with van der Waals surface area (Å²) in [6.45, 7) is 2.68. The number of hydrogen-bond donors (Lipinski definition) is 0. The Morgan fingerprint density at radius 1 is 1.62 bits per heavy atom.